The molecule has 1 aromatic rings. The number of carbonyl (C=O) groups is 1. The summed E-state index contributed by atoms with van der Waals surface area (Å²) in [6.45, 7) is 7.03. The van der Waals surface area contributed by atoms with Gasteiger partial charge in [-0.2, -0.15) is 0 Å². The highest BCUT2D eigenvalue weighted by Gasteiger charge is 2.44. The van der Waals surface area contributed by atoms with E-state index < -0.39 is 5.97 Å². The van der Waals surface area contributed by atoms with Crippen LogP contribution in [-0.4, -0.2) is 65.3 Å². The van der Waals surface area contributed by atoms with Gasteiger partial charge in [-0.3, -0.25) is 14.6 Å². The minimum Gasteiger partial charge on any atom is -0.480 e. The fraction of sp³-hybridized carbons (Fsp3) is 0.650. The summed E-state index contributed by atoms with van der Waals surface area (Å²) < 4.78 is 0. The standard InChI is InChI=1S/C20H30N2O3/c1-16-3-2-4-17(11-16)12-21-8-5-20(6-9-21)7-10-22(14-19(24)25)13-18(20)15-23/h2-4,11,18,23H,5-10,12-15H2,1H3,(H,24,25)/t18-/m0/s1. The van der Waals surface area contributed by atoms with Gasteiger partial charge in [0.25, 0.3) is 0 Å². The third-order valence-electron chi connectivity index (χ3n) is 6.19. The van der Waals surface area contributed by atoms with E-state index in [4.69, 9.17) is 5.11 Å². The normalized spacial score (nSPS) is 24.5. The Kier molecular flexibility index (Phi) is 5.77. The topological polar surface area (TPSA) is 64.0 Å². The molecule has 0 aliphatic carbocycles. The number of aryl methyl sites for hydroxylation is 1. The number of aliphatic hydroxyl groups excluding tert-OH is 1. The van der Waals surface area contributed by atoms with Crippen molar-refractivity contribution < 1.29 is 15.0 Å². The number of carboxylic acid groups (broad SMARTS) is 1. The summed E-state index contributed by atoms with van der Waals surface area (Å²) in [5, 5.41) is 18.9. The maximum Gasteiger partial charge on any atom is 0.317 e. The molecule has 0 saturated carbocycles. The summed E-state index contributed by atoms with van der Waals surface area (Å²) in [5.41, 5.74) is 2.86. The summed E-state index contributed by atoms with van der Waals surface area (Å²) in [6, 6.07) is 8.70. The van der Waals surface area contributed by atoms with E-state index in [0.717, 1.165) is 45.4 Å². The van der Waals surface area contributed by atoms with E-state index in [2.05, 4.69) is 36.1 Å². The lowest BCUT2D eigenvalue weighted by atomic mass is 9.64. The number of likely N-dealkylation sites (tertiary alicyclic amines) is 2. The van der Waals surface area contributed by atoms with E-state index in [-0.39, 0.29) is 24.5 Å². The number of rotatable bonds is 5. The third-order valence-corrected chi connectivity index (χ3v) is 6.19. The summed E-state index contributed by atoms with van der Waals surface area (Å²) in [4.78, 5) is 15.5. The molecular formula is C20H30N2O3. The second-order valence-corrected chi connectivity index (χ2v) is 7.89. The van der Waals surface area contributed by atoms with Crippen molar-refractivity contribution in [3.63, 3.8) is 0 Å². The van der Waals surface area contributed by atoms with Gasteiger partial charge in [0.2, 0.25) is 0 Å². The van der Waals surface area contributed by atoms with Crippen LogP contribution in [0.2, 0.25) is 0 Å². The molecule has 3 rings (SSSR count). The smallest absolute Gasteiger partial charge is 0.317 e. The molecule has 5 heteroatoms. The largest absolute Gasteiger partial charge is 0.480 e. The van der Waals surface area contributed by atoms with Gasteiger partial charge in [-0.05, 0) is 56.8 Å². The van der Waals surface area contributed by atoms with Crippen LogP contribution in [0.25, 0.3) is 0 Å². The van der Waals surface area contributed by atoms with Crippen molar-refractivity contribution in [3.8, 4) is 0 Å². The summed E-state index contributed by atoms with van der Waals surface area (Å²) >= 11 is 0. The fourth-order valence-corrected chi connectivity index (χ4v) is 4.65. The molecule has 2 aliphatic rings. The van der Waals surface area contributed by atoms with E-state index in [1.165, 1.54) is 11.1 Å². The Labute approximate surface area is 150 Å². The molecule has 1 spiro atoms. The molecule has 0 amide bonds. The Morgan fingerprint density at radius 1 is 1.20 bits per heavy atom. The quantitative estimate of drug-likeness (QED) is 0.853. The van der Waals surface area contributed by atoms with Crippen molar-refractivity contribution in [3.05, 3.63) is 35.4 Å². The minimum atomic E-state index is -0.777. The van der Waals surface area contributed by atoms with Crippen LogP contribution in [-0.2, 0) is 11.3 Å². The number of piperidine rings is 2. The molecule has 2 fully saturated rings. The average molecular weight is 346 g/mol. The lowest BCUT2D eigenvalue weighted by Gasteiger charge is -2.51. The van der Waals surface area contributed by atoms with Crippen LogP contribution in [0.15, 0.2) is 24.3 Å². The van der Waals surface area contributed by atoms with Crippen LogP contribution in [0.5, 0.6) is 0 Å². The van der Waals surface area contributed by atoms with E-state index in [0.29, 0.717) is 6.54 Å². The molecule has 2 heterocycles. The Bertz CT molecular complexity index is 596. The summed E-state index contributed by atoms with van der Waals surface area (Å²) in [7, 11) is 0. The van der Waals surface area contributed by atoms with Crippen LogP contribution in [0.3, 0.4) is 0 Å². The first kappa shape index (κ1) is 18.4. The number of aliphatic carboxylic acids is 1. The van der Waals surface area contributed by atoms with Gasteiger partial charge in [0, 0.05) is 25.6 Å². The fourth-order valence-electron chi connectivity index (χ4n) is 4.65. The van der Waals surface area contributed by atoms with E-state index >= 15 is 0 Å². The highest BCUT2D eigenvalue weighted by Crippen LogP contribution is 2.45. The maximum atomic E-state index is 11.0. The highest BCUT2D eigenvalue weighted by molar-refractivity contribution is 5.69. The zero-order valence-electron chi connectivity index (χ0n) is 15.2. The van der Waals surface area contributed by atoms with Crippen molar-refractivity contribution in [2.24, 2.45) is 11.3 Å². The first-order valence-corrected chi connectivity index (χ1v) is 9.34. The van der Waals surface area contributed by atoms with Gasteiger partial charge in [0.05, 0.1) is 6.54 Å². The predicted molar refractivity (Wildman–Crippen MR) is 97.4 cm³/mol. The zero-order valence-corrected chi connectivity index (χ0v) is 15.2. The molecule has 1 aromatic carbocycles. The highest BCUT2D eigenvalue weighted by atomic mass is 16.4. The Balaban J connectivity index is 1.57. The molecule has 25 heavy (non-hydrogen) atoms. The summed E-state index contributed by atoms with van der Waals surface area (Å²) in [6.07, 6.45) is 3.21. The number of benzene rings is 1. The van der Waals surface area contributed by atoms with E-state index in [9.17, 15) is 9.90 Å². The second kappa shape index (κ2) is 7.85. The molecule has 0 aromatic heterocycles. The van der Waals surface area contributed by atoms with E-state index in [1.807, 2.05) is 4.90 Å². The van der Waals surface area contributed by atoms with Gasteiger partial charge < -0.3 is 10.2 Å². The van der Waals surface area contributed by atoms with Gasteiger partial charge in [-0.25, -0.2) is 0 Å². The van der Waals surface area contributed by atoms with Crippen LogP contribution in [0.1, 0.15) is 30.4 Å². The monoisotopic (exact) mass is 346 g/mol. The van der Waals surface area contributed by atoms with Gasteiger partial charge in [-0.1, -0.05) is 29.8 Å². The van der Waals surface area contributed by atoms with Gasteiger partial charge >= 0.3 is 5.97 Å². The number of aliphatic hydroxyl groups is 1. The van der Waals surface area contributed by atoms with Crippen molar-refractivity contribution in [2.75, 3.05) is 39.3 Å². The molecule has 2 N–H and O–H groups in total. The molecule has 2 aliphatic heterocycles. The van der Waals surface area contributed by atoms with Crippen molar-refractivity contribution >= 4 is 5.97 Å². The Hall–Kier alpha value is -1.43. The van der Waals surface area contributed by atoms with Crippen molar-refractivity contribution in [1.82, 2.24) is 9.80 Å². The molecule has 1 atom stereocenters. The van der Waals surface area contributed by atoms with Crippen molar-refractivity contribution in [2.45, 2.75) is 32.7 Å². The van der Waals surface area contributed by atoms with Gasteiger partial charge in [0.15, 0.2) is 0 Å². The second-order valence-electron chi connectivity index (χ2n) is 7.89. The van der Waals surface area contributed by atoms with Crippen LogP contribution in [0.4, 0.5) is 0 Å². The molecule has 2 saturated heterocycles. The molecule has 0 unspecified atom stereocenters. The number of nitrogens with zero attached hydrogens (tertiary/aromatic N) is 2. The minimum absolute atomic E-state index is 0.0893. The van der Waals surface area contributed by atoms with Gasteiger partial charge in [-0.15, -0.1) is 0 Å². The Morgan fingerprint density at radius 2 is 1.88 bits per heavy atom. The van der Waals surface area contributed by atoms with Crippen molar-refractivity contribution in [1.29, 1.82) is 0 Å². The molecule has 0 radical (unpaired) electrons. The van der Waals surface area contributed by atoms with Gasteiger partial charge in [0.1, 0.15) is 0 Å². The zero-order chi connectivity index (χ0) is 17.9. The summed E-state index contributed by atoms with van der Waals surface area (Å²) in [5.74, 6) is -0.581. The van der Waals surface area contributed by atoms with E-state index in [1.54, 1.807) is 0 Å². The molecular weight excluding hydrogens is 316 g/mol. The lowest BCUT2D eigenvalue weighted by Crippen LogP contribution is -2.54. The lowest BCUT2D eigenvalue weighted by molar-refractivity contribution is -0.140. The third kappa shape index (κ3) is 4.40. The van der Waals surface area contributed by atoms with Crippen LogP contribution >= 0.6 is 0 Å². The first-order chi connectivity index (χ1) is 12.0. The molecule has 5 nitrogen and oxygen atoms in total. The molecule has 138 valence electrons. The Morgan fingerprint density at radius 3 is 2.48 bits per heavy atom. The number of hydrogen-bond acceptors (Lipinski definition) is 4. The SMILES string of the molecule is Cc1cccc(CN2CCC3(CC2)CCN(CC(=O)O)C[C@H]3CO)c1. The number of carboxylic acids is 1. The molecule has 0 bridgehead atoms. The number of hydrogen-bond donors (Lipinski definition) is 2. The predicted octanol–water partition coefficient (Wildman–Crippen LogP) is 1.98. The van der Waals surface area contributed by atoms with Crippen LogP contribution < -0.4 is 0 Å². The maximum absolute atomic E-state index is 11.0. The van der Waals surface area contributed by atoms with Crippen LogP contribution in [0, 0.1) is 18.3 Å². The average Bonchev–Trinajstić information content (AvgIpc) is 2.58. The first-order valence-electron chi connectivity index (χ1n) is 9.34.